The molecule has 17 nitrogen and oxygen atoms in total. The molecule has 0 saturated heterocycles. The van der Waals surface area contributed by atoms with Crippen molar-refractivity contribution < 1.29 is 80.2 Å². The van der Waals surface area contributed by atoms with Crippen molar-refractivity contribution in [2.45, 2.75) is 388 Å². The van der Waals surface area contributed by atoms with E-state index in [1.165, 1.54) is 173 Å². The predicted octanol–water partition coefficient (Wildman–Crippen LogP) is 21.0. The first-order chi connectivity index (χ1) is 44.2. The zero-order valence-corrected chi connectivity index (χ0v) is 61.8. The van der Waals surface area contributed by atoms with E-state index in [0.717, 1.165) is 108 Å². The van der Waals surface area contributed by atoms with Gasteiger partial charge in [-0.2, -0.15) is 0 Å². The number of unbranched alkanes of at least 4 members (excludes halogenated alkanes) is 39. The van der Waals surface area contributed by atoms with Crippen molar-refractivity contribution >= 4 is 39.5 Å². The van der Waals surface area contributed by atoms with Crippen molar-refractivity contribution in [3.63, 3.8) is 0 Å². The molecule has 19 heteroatoms. The number of phosphoric acid groups is 2. The number of phosphoric ester groups is 2. The van der Waals surface area contributed by atoms with Crippen molar-refractivity contribution in [1.29, 1.82) is 0 Å². The molecule has 0 saturated carbocycles. The quantitative estimate of drug-likeness (QED) is 0.0222. The summed E-state index contributed by atoms with van der Waals surface area (Å²) in [6, 6.07) is 0. The Labute approximate surface area is 562 Å². The average molecular weight is 1350 g/mol. The van der Waals surface area contributed by atoms with Crippen molar-refractivity contribution in [3.05, 3.63) is 0 Å². The van der Waals surface area contributed by atoms with E-state index >= 15 is 0 Å². The van der Waals surface area contributed by atoms with Gasteiger partial charge in [0.2, 0.25) is 0 Å². The Kier molecular flexibility index (Phi) is 62.4. The van der Waals surface area contributed by atoms with Gasteiger partial charge < -0.3 is 33.8 Å². The Balaban J connectivity index is 5.21. The summed E-state index contributed by atoms with van der Waals surface area (Å²) < 4.78 is 68.4. The minimum absolute atomic E-state index is 0.104. The summed E-state index contributed by atoms with van der Waals surface area (Å²) in [5, 5.41) is 10.6. The summed E-state index contributed by atoms with van der Waals surface area (Å²) in [4.78, 5) is 72.6. The second-order valence-corrected chi connectivity index (χ2v) is 30.7. The molecule has 0 heterocycles. The smallest absolute Gasteiger partial charge is 0.462 e. The summed E-state index contributed by atoms with van der Waals surface area (Å²) in [7, 11) is -9.91. The molecule has 0 rings (SSSR count). The molecular weight excluding hydrogens is 1210 g/mol. The van der Waals surface area contributed by atoms with Crippen molar-refractivity contribution in [2.24, 2.45) is 17.8 Å². The maximum atomic E-state index is 13.0. The SMILES string of the molecule is CCCCCCCCCCCCCCCCCCCCCC(=O)O[C@H](COC(=O)CCCCCCCCCCCC(C)C)COP(=O)(O)OC[C@@H](O)COP(=O)(O)OC[C@@H](COC(=O)CCCCCCCCC(C)C)OC(=O)CCCCCCCCCCCC(C)C. The van der Waals surface area contributed by atoms with Gasteiger partial charge in [-0.1, -0.05) is 318 Å². The molecule has 0 aromatic carbocycles. The predicted molar refractivity (Wildman–Crippen MR) is 372 cm³/mol. The van der Waals surface area contributed by atoms with Crippen LogP contribution in [0, 0.1) is 17.8 Å². The Morgan fingerprint density at radius 3 is 0.739 bits per heavy atom. The molecule has 0 aliphatic carbocycles. The molecule has 0 aliphatic rings. The third kappa shape index (κ3) is 66.7. The molecule has 5 atom stereocenters. The lowest BCUT2D eigenvalue weighted by molar-refractivity contribution is -0.161. The molecule has 0 aromatic rings. The van der Waals surface area contributed by atoms with E-state index in [9.17, 15) is 43.2 Å². The van der Waals surface area contributed by atoms with Gasteiger partial charge in [-0.15, -0.1) is 0 Å². The summed E-state index contributed by atoms with van der Waals surface area (Å²) in [6.07, 6.45) is 48.9. The largest absolute Gasteiger partial charge is 0.472 e. The molecule has 92 heavy (non-hydrogen) atoms. The molecule has 0 aliphatic heterocycles. The van der Waals surface area contributed by atoms with E-state index in [1.807, 2.05) is 0 Å². The van der Waals surface area contributed by atoms with Crippen molar-refractivity contribution in [1.82, 2.24) is 0 Å². The lowest BCUT2D eigenvalue weighted by atomic mass is 10.0. The van der Waals surface area contributed by atoms with Gasteiger partial charge in [-0.05, 0) is 43.4 Å². The Morgan fingerprint density at radius 2 is 0.500 bits per heavy atom. The molecule has 0 radical (unpaired) electrons. The van der Waals surface area contributed by atoms with E-state index in [0.29, 0.717) is 31.6 Å². The molecular formula is C73H142O17P2. The summed E-state index contributed by atoms with van der Waals surface area (Å²) in [5.41, 5.74) is 0. The fourth-order valence-electron chi connectivity index (χ4n) is 11.1. The van der Waals surface area contributed by atoms with Gasteiger partial charge in [0.05, 0.1) is 26.4 Å². The summed E-state index contributed by atoms with van der Waals surface area (Å²) in [6.45, 7) is 11.7. The van der Waals surface area contributed by atoms with Gasteiger partial charge in [0.1, 0.15) is 19.3 Å². The standard InChI is InChI=1S/C73H142O17P2/c1-8-9-10-11-12-13-14-15-16-17-18-19-20-21-22-27-33-42-49-56-72(77)89-68(60-83-70(75)54-47-40-32-28-23-25-30-37-44-51-64(2)3)62-87-91(79,80)85-58-67(74)59-86-92(81,82)88-63-69(61-84-71(76)55-48-41-36-35-39-46-53-66(6)7)90-73(78)57-50-43-34-29-24-26-31-38-45-52-65(4)5/h64-69,74H,8-63H2,1-7H3,(H,79,80)(H,81,82)/t67-,68-,69-/m1/s1. The highest BCUT2D eigenvalue weighted by Gasteiger charge is 2.30. The van der Waals surface area contributed by atoms with Gasteiger partial charge in [-0.25, -0.2) is 9.13 Å². The minimum Gasteiger partial charge on any atom is -0.462 e. The molecule has 0 fully saturated rings. The van der Waals surface area contributed by atoms with Crippen molar-refractivity contribution in [2.75, 3.05) is 39.6 Å². The molecule has 0 aromatic heterocycles. The number of esters is 4. The second-order valence-electron chi connectivity index (χ2n) is 27.8. The summed E-state index contributed by atoms with van der Waals surface area (Å²) in [5.74, 6) is 0.0339. The number of hydrogen-bond acceptors (Lipinski definition) is 15. The van der Waals surface area contributed by atoms with Crippen LogP contribution in [-0.2, 0) is 65.4 Å². The number of carbonyl (C=O) groups excluding carboxylic acids is 4. The number of carbonyl (C=O) groups is 4. The number of ether oxygens (including phenoxy) is 4. The third-order valence-electron chi connectivity index (χ3n) is 16.9. The van der Waals surface area contributed by atoms with Gasteiger partial charge >= 0.3 is 39.5 Å². The van der Waals surface area contributed by atoms with Crippen LogP contribution in [-0.4, -0.2) is 96.7 Å². The number of aliphatic hydroxyl groups is 1. The number of aliphatic hydroxyl groups excluding tert-OH is 1. The van der Waals surface area contributed by atoms with Crippen LogP contribution < -0.4 is 0 Å². The van der Waals surface area contributed by atoms with Crippen LogP contribution >= 0.6 is 15.6 Å². The topological polar surface area (TPSA) is 237 Å². The maximum absolute atomic E-state index is 13.0. The third-order valence-corrected chi connectivity index (χ3v) is 18.8. The average Bonchev–Trinajstić information content (AvgIpc) is 2.45. The number of rotatable bonds is 71. The fraction of sp³-hybridized carbons (Fsp3) is 0.945. The molecule has 0 amide bonds. The first kappa shape index (κ1) is 90.1. The second kappa shape index (κ2) is 63.8. The molecule has 3 N–H and O–H groups in total. The zero-order valence-electron chi connectivity index (χ0n) is 60.0. The minimum atomic E-state index is -4.95. The highest BCUT2D eigenvalue weighted by Crippen LogP contribution is 2.45. The molecule has 0 bridgehead atoms. The van der Waals surface area contributed by atoms with Crippen LogP contribution in [0.1, 0.15) is 370 Å². The Bertz CT molecular complexity index is 1800. The van der Waals surface area contributed by atoms with Crippen LogP contribution in [0.4, 0.5) is 0 Å². The van der Waals surface area contributed by atoms with Crippen LogP contribution in [0.25, 0.3) is 0 Å². The number of hydrogen-bond donors (Lipinski definition) is 3. The van der Waals surface area contributed by atoms with E-state index in [4.69, 9.17) is 37.0 Å². The lowest BCUT2D eigenvalue weighted by Crippen LogP contribution is -2.30. The first-order valence-corrected chi connectivity index (χ1v) is 40.8. The zero-order chi connectivity index (χ0) is 68.0. The highest BCUT2D eigenvalue weighted by atomic mass is 31.2. The summed E-state index contributed by atoms with van der Waals surface area (Å²) >= 11 is 0. The van der Waals surface area contributed by atoms with Gasteiger partial charge in [0.25, 0.3) is 0 Å². The molecule has 546 valence electrons. The Morgan fingerprint density at radius 1 is 0.293 bits per heavy atom. The molecule has 2 unspecified atom stereocenters. The highest BCUT2D eigenvalue weighted by molar-refractivity contribution is 7.47. The van der Waals surface area contributed by atoms with Crippen LogP contribution in [0.3, 0.4) is 0 Å². The van der Waals surface area contributed by atoms with Crippen LogP contribution in [0.2, 0.25) is 0 Å². The Hall–Kier alpha value is -1.94. The van der Waals surface area contributed by atoms with Crippen LogP contribution in [0.15, 0.2) is 0 Å². The van der Waals surface area contributed by atoms with Crippen LogP contribution in [0.5, 0.6) is 0 Å². The van der Waals surface area contributed by atoms with E-state index in [2.05, 4.69) is 48.5 Å². The van der Waals surface area contributed by atoms with E-state index < -0.39 is 97.5 Å². The maximum Gasteiger partial charge on any atom is 0.472 e. The van der Waals surface area contributed by atoms with Gasteiger partial charge in [0, 0.05) is 25.7 Å². The van der Waals surface area contributed by atoms with Crippen molar-refractivity contribution in [3.8, 4) is 0 Å². The molecule has 0 spiro atoms. The van der Waals surface area contributed by atoms with Gasteiger partial charge in [-0.3, -0.25) is 37.3 Å². The van der Waals surface area contributed by atoms with E-state index in [1.54, 1.807) is 0 Å². The lowest BCUT2D eigenvalue weighted by Gasteiger charge is -2.21. The normalized spacial score (nSPS) is 14.1. The first-order valence-electron chi connectivity index (χ1n) is 37.8. The van der Waals surface area contributed by atoms with Gasteiger partial charge in [0.15, 0.2) is 12.2 Å². The fourth-order valence-corrected chi connectivity index (χ4v) is 12.7. The van der Waals surface area contributed by atoms with E-state index in [-0.39, 0.29) is 25.7 Å². The monoisotopic (exact) mass is 1350 g/mol.